The van der Waals surface area contributed by atoms with Gasteiger partial charge in [0.25, 0.3) is 5.91 Å². The molecule has 0 aliphatic carbocycles. The highest BCUT2D eigenvalue weighted by atomic mass is 16.3. The van der Waals surface area contributed by atoms with Crippen LogP contribution in [0.25, 0.3) is 0 Å². The predicted octanol–water partition coefficient (Wildman–Crippen LogP) is 2.80. The molecule has 1 aliphatic heterocycles. The van der Waals surface area contributed by atoms with E-state index in [4.69, 9.17) is 0 Å². The van der Waals surface area contributed by atoms with Gasteiger partial charge in [0.05, 0.1) is 5.60 Å². The zero-order valence-corrected chi connectivity index (χ0v) is 12.0. The topological polar surface area (TPSA) is 40.5 Å². The Balaban J connectivity index is 2.04. The second-order valence-electron chi connectivity index (χ2n) is 6.07. The van der Waals surface area contributed by atoms with E-state index >= 15 is 0 Å². The molecule has 19 heavy (non-hydrogen) atoms. The van der Waals surface area contributed by atoms with Crippen LogP contribution in [0.15, 0.2) is 24.3 Å². The van der Waals surface area contributed by atoms with E-state index in [9.17, 15) is 9.90 Å². The van der Waals surface area contributed by atoms with Crippen molar-refractivity contribution in [2.24, 2.45) is 0 Å². The van der Waals surface area contributed by atoms with Gasteiger partial charge in [-0.1, -0.05) is 26.0 Å². The number of nitrogens with zero attached hydrogens (tertiary/aromatic N) is 1. The van der Waals surface area contributed by atoms with E-state index in [2.05, 4.69) is 13.8 Å². The first-order valence-corrected chi connectivity index (χ1v) is 7.01. The van der Waals surface area contributed by atoms with Crippen molar-refractivity contribution in [3.8, 4) is 0 Å². The summed E-state index contributed by atoms with van der Waals surface area (Å²) in [5.41, 5.74) is 1.38. The molecule has 1 saturated heterocycles. The molecule has 0 bridgehead atoms. The molecule has 1 aliphatic rings. The highest BCUT2D eigenvalue weighted by Gasteiger charge is 2.29. The highest BCUT2D eigenvalue weighted by molar-refractivity contribution is 5.94. The third-order valence-corrected chi connectivity index (χ3v) is 3.95. The molecule has 0 aromatic heterocycles. The zero-order valence-electron chi connectivity index (χ0n) is 12.0. The number of rotatable bonds is 2. The van der Waals surface area contributed by atoms with Crippen LogP contribution in [0.2, 0.25) is 0 Å². The minimum absolute atomic E-state index is 0.0748. The molecule has 1 N–H and O–H groups in total. The summed E-state index contributed by atoms with van der Waals surface area (Å²) in [5, 5.41) is 9.90. The van der Waals surface area contributed by atoms with Crippen LogP contribution >= 0.6 is 0 Å². The lowest BCUT2D eigenvalue weighted by Gasteiger charge is -2.35. The molecule has 0 atom stereocenters. The van der Waals surface area contributed by atoms with Gasteiger partial charge in [0.2, 0.25) is 0 Å². The van der Waals surface area contributed by atoms with Crippen LogP contribution in [0.4, 0.5) is 0 Å². The maximum absolute atomic E-state index is 12.3. The number of amides is 1. The Labute approximate surface area is 115 Å². The van der Waals surface area contributed by atoms with Crippen molar-refractivity contribution < 1.29 is 9.90 Å². The predicted molar refractivity (Wildman–Crippen MR) is 76.3 cm³/mol. The summed E-state index contributed by atoms with van der Waals surface area (Å²) >= 11 is 0. The summed E-state index contributed by atoms with van der Waals surface area (Å²) in [6, 6.07) is 7.87. The first-order chi connectivity index (χ1) is 8.89. The van der Waals surface area contributed by atoms with E-state index in [1.807, 2.05) is 36.1 Å². The molecule has 3 heteroatoms. The van der Waals surface area contributed by atoms with Gasteiger partial charge >= 0.3 is 0 Å². The van der Waals surface area contributed by atoms with Gasteiger partial charge in [0, 0.05) is 18.7 Å². The van der Waals surface area contributed by atoms with Crippen LogP contribution in [0.5, 0.6) is 0 Å². The summed E-state index contributed by atoms with van der Waals surface area (Å²) in [6.07, 6.45) is 1.31. The molecule has 0 radical (unpaired) electrons. The Morgan fingerprint density at radius 2 is 1.74 bits per heavy atom. The van der Waals surface area contributed by atoms with Crippen molar-refractivity contribution in [2.45, 2.75) is 45.1 Å². The van der Waals surface area contributed by atoms with Crippen molar-refractivity contribution >= 4 is 5.91 Å². The number of hydrogen-bond acceptors (Lipinski definition) is 2. The molecule has 1 aromatic rings. The number of likely N-dealkylation sites (tertiary alicyclic amines) is 1. The number of hydrogen-bond donors (Lipinski definition) is 1. The average Bonchev–Trinajstić information content (AvgIpc) is 2.38. The maximum atomic E-state index is 12.3. The van der Waals surface area contributed by atoms with Crippen LogP contribution in [0.1, 0.15) is 55.5 Å². The molecular formula is C16H23NO2. The fraction of sp³-hybridized carbons (Fsp3) is 0.562. The van der Waals surface area contributed by atoms with E-state index in [1.165, 1.54) is 5.56 Å². The van der Waals surface area contributed by atoms with Gasteiger partial charge in [-0.05, 0) is 43.4 Å². The Bertz CT molecular complexity index is 438. The summed E-state index contributed by atoms with van der Waals surface area (Å²) in [7, 11) is 0. The standard InChI is InChI=1S/C16H23NO2/c1-12(2)13-4-6-14(7-5-13)15(18)17-10-8-16(3,19)9-11-17/h4-7,12,19H,8-11H2,1-3H3. The van der Waals surface area contributed by atoms with Crippen LogP contribution < -0.4 is 0 Å². The van der Waals surface area contributed by atoms with E-state index in [0.29, 0.717) is 31.8 Å². The molecule has 1 amide bonds. The van der Waals surface area contributed by atoms with Crippen LogP contribution in [-0.2, 0) is 0 Å². The maximum Gasteiger partial charge on any atom is 0.253 e. The summed E-state index contributed by atoms with van der Waals surface area (Å²) < 4.78 is 0. The lowest BCUT2D eigenvalue weighted by Crippen LogP contribution is -2.45. The van der Waals surface area contributed by atoms with Gasteiger partial charge in [-0.2, -0.15) is 0 Å². The van der Waals surface area contributed by atoms with Gasteiger partial charge in [-0.25, -0.2) is 0 Å². The van der Waals surface area contributed by atoms with Gasteiger partial charge in [-0.3, -0.25) is 4.79 Å². The second-order valence-corrected chi connectivity index (χ2v) is 6.07. The van der Waals surface area contributed by atoms with Crippen LogP contribution in [0.3, 0.4) is 0 Å². The van der Waals surface area contributed by atoms with Gasteiger partial charge in [0.1, 0.15) is 0 Å². The normalized spacial score (nSPS) is 18.7. The van der Waals surface area contributed by atoms with Gasteiger partial charge in [-0.15, -0.1) is 0 Å². The number of piperidine rings is 1. The highest BCUT2D eigenvalue weighted by Crippen LogP contribution is 2.23. The van der Waals surface area contributed by atoms with Crippen molar-refractivity contribution in [1.82, 2.24) is 4.90 Å². The first-order valence-electron chi connectivity index (χ1n) is 7.01. The molecule has 3 nitrogen and oxygen atoms in total. The number of benzene rings is 1. The van der Waals surface area contributed by atoms with Gasteiger partial charge in [0.15, 0.2) is 0 Å². The first kappa shape index (κ1) is 14.1. The molecular weight excluding hydrogens is 238 g/mol. The Hall–Kier alpha value is -1.35. The number of carbonyl (C=O) groups excluding carboxylic acids is 1. The molecule has 0 spiro atoms. The largest absolute Gasteiger partial charge is 0.390 e. The van der Waals surface area contributed by atoms with E-state index < -0.39 is 5.60 Å². The quantitative estimate of drug-likeness (QED) is 0.889. The number of aliphatic hydroxyl groups is 1. The van der Waals surface area contributed by atoms with E-state index in [0.717, 1.165) is 5.56 Å². The molecule has 1 aromatic carbocycles. The fourth-order valence-electron chi connectivity index (χ4n) is 2.38. The summed E-state index contributed by atoms with van der Waals surface area (Å²) in [6.45, 7) is 7.40. The van der Waals surface area contributed by atoms with Crippen molar-refractivity contribution in [2.75, 3.05) is 13.1 Å². The van der Waals surface area contributed by atoms with Gasteiger partial charge < -0.3 is 10.0 Å². The Morgan fingerprint density at radius 3 is 2.21 bits per heavy atom. The third kappa shape index (κ3) is 3.35. The Morgan fingerprint density at radius 1 is 1.21 bits per heavy atom. The summed E-state index contributed by atoms with van der Waals surface area (Å²) in [5.74, 6) is 0.556. The fourth-order valence-corrected chi connectivity index (χ4v) is 2.38. The minimum atomic E-state index is -0.613. The Kier molecular flexibility index (Phi) is 3.95. The lowest BCUT2D eigenvalue weighted by molar-refractivity contribution is -0.00202. The molecule has 1 heterocycles. The molecule has 0 saturated carbocycles. The molecule has 0 unspecified atom stereocenters. The zero-order chi connectivity index (χ0) is 14.0. The smallest absolute Gasteiger partial charge is 0.253 e. The molecule has 2 rings (SSSR count). The third-order valence-electron chi connectivity index (χ3n) is 3.95. The molecule has 1 fully saturated rings. The lowest BCUT2D eigenvalue weighted by atomic mass is 9.93. The van der Waals surface area contributed by atoms with Crippen molar-refractivity contribution in [3.63, 3.8) is 0 Å². The minimum Gasteiger partial charge on any atom is -0.390 e. The van der Waals surface area contributed by atoms with E-state index in [-0.39, 0.29) is 5.91 Å². The monoisotopic (exact) mass is 261 g/mol. The molecule has 104 valence electrons. The van der Waals surface area contributed by atoms with Crippen molar-refractivity contribution in [1.29, 1.82) is 0 Å². The summed E-state index contributed by atoms with van der Waals surface area (Å²) in [4.78, 5) is 14.2. The van der Waals surface area contributed by atoms with Crippen LogP contribution in [-0.4, -0.2) is 34.6 Å². The SMILES string of the molecule is CC(C)c1ccc(C(=O)N2CCC(C)(O)CC2)cc1. The van der Waals surface area contributed by atoms with Crippen molar-refractivity contribution in [3.05, 3.63) is 35.4 Å². The van der Waals surface area contributed by atoms with Crippen LogP contribution in [0, 0.1) is 0 Å². The average molecular weight is 261 g/mol. The number of carbonyl (C=O) groups is 1. The second kappa shape index (κ2) is 5.33. The van der Waals surface area contributed by atoms with E-state index in [1.54, 1.807) is 0 Å².